The van der Waals surface area contributed by atoms with Crippen molar-refractivity contribution < 1.29 is 0 Å². The second-order valence-corrected chi connectivity index (χ2v) is 4.01. The van der Waals surface area contributed by atoms with E-state index in [9.17, 15) is 0 Å². The summed E-state index contributed by atoms with van der Waals surface area (Å²) in [6.07, 6.45) is 4.18. The van der Waals surface area contributed by atoms with Crippen molar-refractivity contribution >= 4 is 0 Å². The summed E-state index contributed by atoms with van der Waals surface area (Å²) >= 11 is 0. The van der Waals surface area contributed by atoms with E-state index in [-0.39, 0.29) is 6.04 Å². The van der Waals surface area contributed by atoms with Crippen molar-refractivity contribution in [2.24, 2.45) is 0 Å². The van der Waals surface area contributed by atoms with E-state index in [0.29, 0.717) is 0 Å². The third kappa shape index (κ3) is 3.84. The number of allylic oxidation sites excluding steroid dienone is 1. The van der Waals surface area contributed by atoms with Crippen LogP contribution in [0.5, 0.6) is 0 Å². The number of likely N-dealkylation sites (N-methyl/N-ethyl adjacent to an activating group) is 1. The molecule has 0 bridgehead atoms. The topological polar surface area (TPSA) is 24.9 Å². The Morgan fingerprint density at radius 3 is 2.67 bits per heavy atom. The van der Waals surface area contributed by atoms with E-state index in [1.165, 1.54) is 11.1 Å². The molecule has 2 nitrogen and oxygen atoms in total. The summed E-state index contributed by atoms with van der Waals surface area (Å²) in [6, 6.07) is 4.47. The summed E-state index contributed by atoms with van der Waals surface area (Å²) in [5, 5.41) is 3.43. The van der Waals surface area contributed by atoms with E-state index >= 15 is 0 Å². The first-order valence-electron chi connectivity index (χ1n) is 5.44. The lowest BCUT2D eigenvalue weighted by Crippen LogP contribution is -2.19. The predicted molar refractivity (Wildman–Crippen MR) is 64.8 cm³/mol. The van der Waals surface area contributed by atoms with Crippen molar-refractivity contribution in [3.8, 4) is 0 Å². The van der Waals surface area contributed by atoms with E-state index in [0.717, 1.165) is 12.2 Å². The van der Waals surface area contributed by atoms with Gasteiger partial charge < -0.3 is 5.32 Å². The molecular weight excluding hydrogens is 184 g/mol. The molecule has 0 aliphatic heterocycles. The monoisotopic (exact) mass is 204 g/mol. The van der Waals surface area contributed by atoms with Crippen molar-refractivity contribution in [2.75, 3.05) is 6.54 Å². The lowest BCUT2D eigenvalue weighted by Gasteiger charge is -2.14. The second kappa shape index (κ2) is 5.66. The predicted octanol–water partition coefficient (Wildman–Crippen LogP) is 3.01. The molecule has 0 aliphatic carbocycles. The molecule has 1 aromatic rings. The van der Waals surface area contributed by atoms with Crippen molar-refractivity contribution in [3.05, 3.63) is 41.2 Å². The molecular formula is C13H20N2. The van der Waals surface area contributed by atoms with Crippen LogP contribution in [0.3, 0.4) is 0 Å². The van der Waals surface area contributed by atoms with Crippen molar-refractivity contribution in [3.63, 3.8) is 0 Å². The molecule has 0 aliphatic rings. The molecule has 1 atom stereocenters. The van der Waals surface area contributed by atoms with Crippen LogP contribution in [0.15, 0.2) is 30.0 Å². The van der Waals surface area contributed by atoms with Gasteiger partial charge in [-0.25, -0.2) is 0 Å². The molecule has 1 rings (SSSR count). The highest BCUT2D eigenvalue weighted by atomic mass is 14.9. The Balaban J connectivity index is 2.88. The molecule has 15 heavy (non-hydrogen) atoms. The fourth-order valence-corrected chi connectivity index (χ4v) is 1.49. The number of aromatic nitrogens is 1. The van der Waals surface area contributed by atoms with E-state index in [4.69, 9.17) is 0 Å². The van der Waals surface area contributed by atoms with Crippen LogP contribution >= 0.6 is 0 Å². The van der Waals surface area contributed by atoms with E-state index in [1.807, 2.05) is 13.1 Å². The quantitative estimate of drug-likeness (QED) is 0.763. The summed E-state index contributed by atoms with van der Waals surface area (Å²) in [5.41, 5.74) is 3.61. The lowest BCUT2D eigenvalue weighted by atomic mass is 10.1. The molecule has 2 heteroatoms. The minimum atomic E-state index is 0.285. The third-order valence-electron chi connectivity index (χ3n) is 2.22. The van der Waals surface area contributed by atoms with Crippen LogP contribution in [0.1, 0.15) is 38.1 Å². The Labute approximate surface area is 92.4 Å². The van der Waals surface area contributed by atoms with Crippen LogP contribution in [0.4, 0.5) is 0 Å². The van der Waals surface area contributed by atoms with Crippen molar-refractivity contribution in [2.45, 2.75) is 33.7 Å². The molecule has 0 amide bonds. The third-order valence-corrected chi connectivity index (χ3v) is 2.22. The van der Waals surface area contributed by atoms with Gasteiger partial charge >= 0.3 is 0 Å². The Hall–Kier alpha value is -1.15. The molecule has 0 fully saturated rings. The summed E-state index contributed by atoms with van der Waals surface area (Å²) in [5.74, 6) is 0. The van der Waals surface area contributed by atoms with Gasteiger partial charge in [-0.3, -0.25) is 4.98 Å². The average molecular weight is 204 g/mol. The maximum Gasteiger partial charge on any atom is 0.0523 e. The van der Waals surface area contributed by atoms with Crippen LogP contribution in [0.25, 0.3) is 0 Å². The Morgan fingerprint density at radius 2 is 2.20 bits per heavy atom. The number of aryl methyl sites for hydroxylation is 1. The first-order chi connectivity index (χ1) is 7.13. The number of rotatable bonds is 4. The molecule has 82 valence electrons. The van der Waals surface area contributed by atoms with Gasteiger partial charge in [-0.15, -0.1) is 0 Å². The smallest absolute Gasteiger partial charge is 0.0523 e. The van der Waals surface area contributed by atoms with E-state index in [1.54, 1.807) is 0 Å². The van der Waals surface area contributed by atoms with Gasteiger partial charge in [-0.1, -0.05) is 24.6 Å². The highest BCUT2D eigenvalue weighted by Crippen LogP contribution is 2.15. The number of hydrogen-bond acceptors (Lipinski definition) is 2. The van der Waals surface area contributed by atoms with Gasteiger partial charge in [0.15, 0.2) is 0 Å². The summed E-state index contributed by atoms with van der Waals surface area (Å²) in [4.78, 5) is 4.32. The maximum absolute atomic E-state index is 4.32. The standard InChI is InChI=1S/C13H20N2/c1-5-14-13(8-10(2)3)12-7-6-11(4)15-9-12/h6-9,13-14H,5H2,1-4H3. The Morgan fingerprint density at radius 1 is 1.47 bits per heavy atom. The minimum Gasteiger partial charge on any atom is -0.307 e. The van der Waals surface area contributed by atoms with Crippen LogP contribution in [0.2, 0.25) is 0 Å². The average Bonchev–Trinajstić information content (AvgIpc) is 2.17. The molecule has 1 aromatic heterocycles. The molecule has 0 saturated carbocycles. The van der Waals surface area contributed by atoms with Gasteiger partial charge in [0.2, 0.25) is 0 Å². The molecule has 0 saturated heterocycles. The second-order valence-electron chi connectivity index (χ2n) is 4.01. The maximum atomic E-state index is 4.32. The number of pyridine rings is 1. The van der Waals surface area contributed by atoms with E-state index < -0.39 is 0 Å². The highest BCUT2D eigenvalue weighted by Gasteiger charge is 2.06. The molecule has 0 spiro atoms. The number of nitrogens with zero attached hydrogens (tertiary/aromatic N) is 1. The van der Waals surface area contributed by atoms with Crippen LogP contribution in [-0.4, -0.2) is 11.5 Å². The highest BCUT2D eigenvalue weighted by molar-refractivity contribution is 5.22. The van der Waals surface area contributed by atoms with Crippen LogP contribution in [0, 0.1) is 6.92 Å². The van der Waals surface area contributed by atoms with Gasteiger partial charge in [-0.05, 0) is 38.9 Å². The molecule has 0 radical (unpaired) electrons. The summed E-state index contributed by atoms with van der Waals surface area (Å²) in [6.45, 7) is 9.32. The largest absolute Gasteiger partial charge is 0.307 e. The fourth-order valence-electron chi connectivity index (χ4n) is 1.49. The van der Waals surface area contributed by atoms with Crippen molar-refractivity contribution in [1.82, 2.24) is 10.3 Å². The zero-order valence-corrected chi connectivity index (χ0v) is 10.0. The zero-order chi connectivity index (χ0) is 11.3. The summed E-state index contributed by atoms with van der Waals surface area (Å²) in [7, 11) is 0. The summed E-state index contributed by atoms with van der Waals surface area (Å²) < 4.78 is 0. The first kappa shape index (κ1) is 11.9. The Bertz CT molecular complexity index is 321. The zero-order valence-electron chi connectivity index (χ0n) is 10.0. The van der Waals surface area contributed by atoms with Crippen LogP contribution < -0.4 is 5.32 Å². The Kier molecular flexibility index (Phi) is 4.50. The molecule has 1 N–H and O–H groups in total. The van der Waals surface area contributed by atoms with Gasteiger partial charge in [-0.2, -0.15) is 0 Å². The van der Waals surface area contributed by atoms with Gasteiger partial charge in [0.25, 0.3) is 0 Å². The molecule has 0 aromatic carbocycles. The molecule has 1 heterocycles. The van der Waals surface area contributed by atoms with Gasteiger partial charge in [0.1, 0.15) is 0 Å². The first-order valence-corrected chi connectivity index (χ1v) is 5.44. The van der Waals surface area contributed by atoms with Crippen LogP contribution in [-0.2, 0) is 0 Å². The minimum absolute atomic E-state index is 0.285. The fraction of sp³-hybridized carbons (Fsp3) is 0.462. The lowest BCUT2D eigenvalue weighted by molar-refractivity contribution is 0.642. The van der Waals surface area contributed by atoms with Gasteiger partial charge in [0.05, 0.1) is 6.04 Å². The normalized spacial score (nSPS) is 12.3. The number of nitrogens with one attached hydrogen (secondary N) is 1. The number of hydrogen-bond donors (Lipinski definition) is 1. The SMILES string of the molecule is CCNC(C=C(C)C)c1ccc(C)nc1. The van der Waals surface area contributed by atoms with Crippen molar-refractivity contribution in [1.29, 1.82) is 0 Å². The van der Waals surface area contributed by atoms with E-state index in [2.05, 4.69) is 49.3 Å². The van der Waals surface area contributed by atoms with Gasteiger partial charge in [0, 0.05) is 11.9 Å². The molecule has 1 unspecified atom stereocenters.